The van der Waals surface area contributed by atoms with Crippen molar-refractivity contribution < 1.29 is 19.2 Å². The van der Waals surface area contributed by atoms with Crippen LogP contribution in [0.3, 0.4) is 0 Å². The largest absolute Gasteiger partial charge is 0.465 e. The number of halogens is 2. The molecule has 2 aromatic rings. The number of methoxy groups -OCH3 is 1. The molecule has 132 valence electrons. The number of nitrogens with one attached hydrogen (secondary N) is 2. The van der Waals surface area contributed by atoms with Gasteiger partial charge in [0.15, 0.2) is 0 Å². The van der Waals surface area contributed by atoms with Gasteiger partial charge in [-0.2, -0.15) is 0 Å². The minimum atomic E-state index is -0.440. The molecule has 1 unspecified atom stereocenters. The first-order valence-corrected chi connectivity index (χ1v) is 9.28. The maximum absolute atomic E-state index is 12.6. The van der Waals surface area contributed by atoms with Gasteiger partial charge in [0.05, 0.1) is 41.7 Å². The smallest absolute Gasteiger partial charge is 0.341 e. The summed E-state index contributed by atoms with van der Waals surface area (Å²) in [5.41, 5.74) is 1.68. The standard InChI is InChI=1S/C17H16Cl2N2O3S/c1-21-6-5-10-13(8-21)25-16(14(10)17(23)24-2)20-15(22)11-7-9(18)3-4-12(11)19/h3-4,7H,5-6,8H2,1-2H3,(H,20,22)/p+1. The average Bonchev–Trinajstić information content (AvgIpc) is 2.93. The lowest BCUT2D eigenvalue weighted by molar-refractivity contribution is -0.895. The van der Waals surface area contributed by atoms with E-state index in [1.165, 1.54) is 29.4 Å². The van der Waals surface area contributed by atoms with E-state index in [2.05, 4.69) is 12.4 Å². The van der Waals surface area contributed by atoms with Crippen LogP contribution in [0.4, 0.5) is 5.00 Å². The Morgan fingerprint density at radius 3 is 2.80 bits per heavy atom. The topological polar surface area (TPSA) is 59.8 Å². The number of anilines is 1. The summed E-state index contributed by atoms with van der Waals surface area (Å²) in [4.78, 5) is 27.3. The van der Waals surface area contributed by atoms with Gasteiger partial charge in [-0.1, -0.05) is 23.2 Å². The monoisotopic (exact) mass is 399 g/mol. The van der Waals surface area contributed by atoms with Crippen LogP contribution >= 0.6 is 34.5 Å². The summed E-state index contributed by atoms with van der Waals surface area (Å²) in [6.45, 7) is 1.75. The molecule has 0 bridgehead atoms. The molecule has 0 saturated carbocycles. The molecule has 0 radical (unpaired) electrons. The Labute approximate surface area is 159 Å². The molecule has 0 spiro atoms. The Morgan fingerprint density at radius 2 is 2.08 bits per heavy atom. The van der Waals surface area contributed by atoms with E-state index in [0.29, 0.717) is 20.6 Å². The summed E-state index contributed by atoms with van der Waals surface area (Å²) in [5.74, 6) is -0.846. The molecule has 1 amide bonds. The third kappa shape index (κ3) is 3.67. The minimum Gasteiger partial charge on any atom is -0.465 e. The van der Waals surface area contributed by atoms with Gasteiger partial charge in [0, 0.05) is 11.4 Å². The van der Waals surface area contributed by atoms with Gasteiger partial charge in [-0.25, -0.2) is 4.79 Å². The molecule has 1 aromatic heterocycles. The zero-order valence-corrected chi connectivity index (χ0v) is 16.1. The fourth-order valence-corrected chi connectivity index (χ4v) is 4.59. The molecule has 0 saturated heterocycles. The highest BCUT2D eigenvalue weighted by Crippen LogP contribution is 2.36. The third-order valence-electron chi connectivity index (χ3n) is 4.14. The van der Waals surface area contributed by atoms with Crippen LogP contribution in [-0.4, -0.2) is 32.6 Å². The number of rotatable bonds is 3. The number of hydrogen-bond acceptors (Lipinski definition) is 4. The quantitative estimate of drug-likeness (QED) is 0.779. The molecule has 1 aromatic carbocycles. The maximum atomic E-state index is 12.6. The number of carbonyl (C=O) groups is 2. The van der Waals surface area contributed by atoms with Gasteiger partial charge in [0.1, 0.15) is 11.5 Å². The fraction of sp³-hybridized carbons (Fsp3) is 0.294. The first-order valence-electron chi connectivity index (χ1n) is 7.71. The van der Waals surface area contributed by atoms with E-state index in [1.54, 1.807) is 12.1 Å². The van der Waals surface area contributed by atoms with Crippen LogP contribution in [0.15, 0.2) is 18.2 Å². The van der Waals surface area contributed by atoms with E-state index >= 15 is 0 Å². The van der Waals surface area contributed by atoms with E-state index in [-0.39, 0.29) is 5.56 Å². The van der Waals surface area contributed by atoms with E-state index < -0.39 is 11.9 Å². The SMILES string of the molecule is COC(=O)c1c(NC(=O)c2cc(Cl)ccc2Cl)sc2c1CC[NH+](C)C2. The molecular weight excluding hydrogens is 383 g/mol. The molecule has 1 aliphatic heterocycles. The Morgan fingerprint density at radius 1 is 1.32 bits per heavy atom. The Bertz CT molecular complexity index is 851. The second kappa shape index (κ2) is 7.33. The summed E-state index contributed by atoms with van der Waals surface area (Å²) in [6.07, 6.45) is 0.774. The predicted molar refractivity (Wildman–Crippen MR) is 99.2 cm³/mol. The molecular formula is C17H17Cl2N2O3S+. The number of carbonyl (C=O) groups excluding carboxylic acids is 2. The summed E-state index contributed by atoms with van der Waals surface area (Å²) in [6, 6.07) is 4.68. The van der Waals surface area contributed by atoms with Crippen LogP contribution in [0.5, 0.6) is 0 Å². The van der Waals surface area contributed by atoms with Crippen molar-refractivity contribution in [2.24, 2.45) is 0 Å². The van der Waals surface area contributed by atoms with Crippen molar-refractivity contribution in [1.29, 1.82) is 0 Å². The molecule has 0 aliphatic carbocycles. The lowest BCUT2D eigenvalue weighted by atomic mass is 10.0. The molecule has 8 heteroatoms. The van der Waals surface area contributed by atoms with E-state index in [9.17, 15) is 9.59 Å². The van der Waals surface area contributed by atoms with Crippen LogP contribution in [0, 0.1) is 0 Å². The molecule has 25 heavy (non-hydrogen) atoms. The Kier molecular flexibility index (Phi) is 5.34. The van der Waals surface area contributed by atoms with Crippen molar-refractivity contribution in [2.45, 2.75) is 13.0 Å². The summed E-state index contributed by atoms with van der Waals surface area (Å²) in [5, 5.41) is 4.02. The summed E-state index contributed by atoms with van der Waals surface area (Å²) < 4.78 is 4.92. The van der Waals surface area contributed by atoms with Crippen LogP contribution in [0.2, 0.25) is 10.0 Å². The molecule has 2 heterocycles. The number of quaternary nitrogens is 1. The van der Waals surface area contributed by atoms with Crippen molar-refractivity contribution >= 4 is 51.4 Å². The first kappa shape index (κ1) is 18.2. The summed E-state index contributed by atoms with van der Waals surface area (Å²) in [7, 11) is 3.44. The van der Waals surface area contributed by atoms with E-state index in [0.717, 1.165) is 30.0 Å². The second-order valence-corrected chi connectivity index (χ2v) is 7.86. The Hall–Kier alpha value is -1.60. The molecule has 5 nitrogen and oxygen atoms in total. The zero-order valence-electron chi connectivity index (χ0n) is 13.7. The minimum absolute atomic E-state index is 0.263. The Balaban J connectivity index is 1.98. The van der Waals surface area contributed by atoms with Gasteiger partial charge in [-0.15, -0.1) is 11.3 Å². The molecule has 3 rings (SSSR count). The van der Waals surface area contributed by atoms with Crippen molar-refractivity contribution in [3.05, 3.63) is 49.8 Å². The first-order chi connectivity index (χ1) is 11.9. The van der Waals surface area contributed by atoms with Gasteiger partial charge in [-0.3, -0.25) is 4.79 Å². The number of fused-ring (bicyclic) bond motifs is 1. The van der Waals surface area contributed by atoms with Gasteiger partial charge >= 0.3 is 5.97 Å². The van der Waals surface area contributed by atoms with Crippen molar-refractivity contribution in [2.75, 3.05) is 26.0 Å². The lowest BCUT2D eigenvalue weighted by Crippen LogP contribution is -3.08. The molecule has 1 aliphatic rings. The van der Waals surface area contributed by atoms with E-state index in [4.69, 9.17) is 27.9 Å². The number of ether oxygens (including phenoxy) is 1. The summed E-state index contributed by atoms with van der Waals surface area (Å²) >= 11 is 13.5. The highest BCUT2D eigenvalue weighted by atomic mass is 35.5. The molecule has 1 atom stereocenters. The normalized spacial score (nSPS) is 16.2. The molecule has 2 N–H and O–H groups in total. The number of amides is 1. The van der Waals surface area contributed by atoms with Crippen LogP contribution < -0.4 is 10.2 Å². The van der Waals surface area contributed by atoms with Gasteiger partial charge in [0.25, 0.3) is 5.91 Å². The van der Waals surface area contributed by atoms with Crippen molar-refractivity contribution in [1.82, 2.24) is 0 Å². The molecule has 0 fully saturated rings. The zero-order chi connectivity index (χ0) is 18.1. The lowest BCUT2D eigenvalue weighted by Gasteiger charge is -2.19. The van der Waals surface area contributed by atoms with Gasteiger partial charge in [-0.05, 0) is 23.8 Å². The number of likely N-dealkylation sites (N-methyl/N-ethyl adjacent to an activating group) is 1. The predicted octanol–water partition coefficient (Wildman–Crippen LogP) is 2.66. The van der Waals surface area contributed by atoms with Crippen LogP contribution in [-0.2, 0) is 17.7 Å². The van der Waals surface area contributed by atoms with Crippen LogP contribution in [0.25, 0.3) is 0 Å². The third-order valence-corrected chi connectivity index (χ3v) is 5.86. The fourth-order valence-electron chi connectivity index (χ4n) is 2.87. The highest BCUT2D eigenvalue weighted by molar-refractivity contribution is 7.17. The number of hydrogen-bond donors (Lipinski definition) is 2. The van der Waals surface area contributed by atoms with Crippen molar-refractivity contribution in [3.63, 3.8) is 0 Å². The average molecular weight is 400 g/mol. The van der Waals surface area contributed by atoms with E-state index in [1.807, 2.05) is 0 Å². The number of benzene rings is 1. The van der Waals surface area contributed by atoms with Crippen molar-refractivity contribution in [3.8, 4) is 0 Å². The highest BCUT2D eigenvalue weighted by Gasteiger charge is 2.30. The van der Waals surface area contributed by atoms with Gasteiger partial charge < -0.3 is 15.0 Å². The maximum Gasteiger partial charge on any atom is 0.341 e. The number of thiophene rings is 1. The number of esters is 1. The second-order valence-electron chi connectivity index (χ2n) is 5.91. The van der Waals surface area contributed by atoms with Gasteiger partial charge in [0.2, 0.25) is 0 Å². The van der Waals surface area contributed by atoms with Crippen LogP contribution in [0.1, 0.15) is 31.2 Å².